The molecule has 110 valence electrons. The van der Waals surface area contributed by atoms with Gasteiger partial charge < -0.3 is 14.8 Å². The molecule has 0 saturated carbocycles. The lowest BCUT2D eigenvalue weighted by atomic mass is 10.1. The number of benzene rings is 1. The molecule has 1 fully saturated rings. The highest BCUT2D eigenvalue weighted by molar-refractivity contribution is 6.13. The first-order valence-electron chi connectivity index (χ1n) is 6.12. The fraction of sp³-hybridized carbons (Fsp3) is 0.214. The number of para-hydroxylation sites is 1. The summed E-state index contributed by atoms with van der Waals surface area (Å²) in [6.07, 6.45) is 1.50. The third-order valence-electron chi connectivity index (χ3n) is 2.87. The predicted molar refractivity (Wildman–Crippen MR) is 73.2 cm³/mol. The molecular formula is C14H14N2O5. The summed E-state index contributed by atoms with van der Waals surface area (Å²) in [5.74, 6) is -0.530. The van der Waals surface area contributed by atoms with E-state index in [0.29, 0.717) is 11.3 Å². The number of hydrogen-bond acceptors (Lipinski definition) is 5. The summed E-state index contributed by atoms with van der Waals surface area (Å²) in [5.41, 5.74) is 0.719. The monoisotopic (exact) mass is 290 g/mol. The van der Waals surface area contributed by atoms with Crippen molar-refractivity contribution >= 4 is 24.0 Å². The van der Waals surface area contributed by atoms with Gasteiger partial charge in [0.05, 0.1) is 7.11 Å². The molecule has 0 unspecified atom stereocenters. The first kappa shape index (κ1) is 14.6. The van der Waals surface area contributed by atoms with E-state index >= 15 is 0 Å². The molecule has 1 aromatic carbocycles. The second kappa shape index (κ2) is 6.08. The Morgan fingerprint density at radius 2 is 2.05 bits per heavy atom. The third kappa shape index (κ3) is 3.19. The minimum Gasteiger partial charge on any atom is -0.481 e. The molecule has 1 aromatic rings. The summed E-state index contributed by atoms with van der Waals surface area (Å²) in [5, 5.41) is 2.46. The SMILES string of the molecule is COC(=O)COc1ccccc1/C=C1/NC(=O)N(C)C1=O. The number of nitrogens with one attached hydrogen (secondary N) is 1. The molecule has 0 spiro atoms. The molecule has 21 heavy (non-hydrogen) atoms. The van der Waals surface area contributed by atoms with E-state index in [-0.39, 0.29) is 12.3 Å². The Balaban J connectivity index is 2.23. The number of imide groups is 1. The van der Waals surface area contributed by atoms with Crippen LogP contribution in [0.3, 0.4) is 0 Å². The van der Waals surface area contributed by atoms with Crippen molar-refractivity contribution in [2.75, 3.05) is 20.8 Å². The van der Waals surface area contributed by atoms with E-state index in [1.807, 2.05) is 0 Å². The second-order valence-corrected chi connectivity index (χ2v) is 4.25. The molecule has 0 aliphatic carbocycles. The van der Waals surface area contributed by atoms with Crippen LogP contribution in [-0.2, 0) is 14.3 Å². The van der Waals surface area contributed by atoms with E-state index in [4.69, 9.17) is 4.74 Å². The number of nitrogens with zero attached hydrogens (tertiary/aromatic N) is 1. The van der Waals surface area contributed by atoms with Crippen LogP contribution in [0.1, 0.15) is 5.56 Å². The molecule has 0 radical (unpaired) electrons. The minimum atomic E-state index is -0.512. The summed E-state index contributed by atoms with van der Waals surface area (Å²) in [6, 6.07) is 6.36. The number of carbonyl (C=O) groups is 3. The second-order valence-electron chi connectivity index (χ2n) is 4.25. The lowest BCUT2D eigenvalue weighted by Crippen LogP contribution is -2.25. The van der Waals surface area contributed by atoms with Crippen LogP contribution in [0.2, 0.25) is 0 Å². The van der Waals surface area contributed by atoms with E-state index in [0.717, 1.165) is 4.90 Å². The van der Waals surface area contributed by atoms with Gasteiger partial charge in [0, 0.05) is 12.6 Å². The Hall–Kier alpha value is -2.83. The molecule has 0 atom stereocenters. The summed E-state index contributed by atoms with van der Waals surface area (Å²) in [6.45, 7) is -0.239. The summed E-state index contributed by atoms with van der Waals surface area (Å²) in [7, 11) is 2.65. The van der Waals surface area contributed by atoms with Gasteiger partial charge in [0.25, 0.3) is 5.91 Å². The molecule has 2 rings (SSSR count). The zero-order valence-electron chi connectivity index (χ0n) is 11.6. The van der Waals surface area contributed by atoms with Gasteiger partial charge >= 0.3 is 12.0 Å². The van der Waals surface area contributed by atoms with Gasteiger partial charge in [-0.25, -0.2) is 9.59 Å². The number of rotatable bonds is 4. The van der Waals surface area contributed by atoms with Crippen LogP contribution in [-0.4, -0.2) is 43.6 Å². The Morgan fingerprint density at radius 1 is 1.33 bits per heavy atom. The van der Waals surface area contributed by atoms with Gasteiger partial charge in [0.1, 0.15) is 11.4 Å². The standard InChI is InChI=1S/C14H14N2O5/c1-16-13(18)10(15-14(16)19)7-9-5-3-4-6-11(9)21-8-12(17)20-2/h3-7H,8H2,1-2H3,(H,15,19)/b10-7+. The van der Waals surface area contributed by atoms with Crippen LogP contribution < -0.4 is 10.1 Å². The molecule has 3 amide bonds. The largest absolute Gasteiger partial charge is 0.481 e. The van der Waals surface area contributed by atoms with E-state index < -0.39 is 17.9 Å². The fourth-order valence-electron chi connectivity index (χ4n) is 1.71. The molecule has 1 saturated heterocycles. The van der Waals surface area contributed by atoms with E-state index in [1.54, 1.807) is 24.3 Å². The molecule has 7 heteroatoms. The first-order valence-corrected chi connectivity index (χ1v) is 6.12. The van der Waals surface area contributed by atoms with Gasteiger partial charge in [0.15, 0.2) is 6.61 Å². The van der Waals surface area contributed by atoms with Crippen LogP contribution in [0, 0.1) is 0 Å². The van der Waals surface area contributed by atoms with Crippen LogP contribution in [0.4, 0.5) is 4.79 Å². The Labute approximate surface area is 121 Å². The van der Waals surface area contributed by atoms with Crippen LogP contribution >= 0.6 is 0 Å². The summed E-state index contributed by atoms with van der Waals surface area (Å²) >= 11 is 0. The topological polar surface area (TPSA) is 84.9 Å². The molecule has 0 bridgehead atoms. The Kier molecular flexibility index (Phi) is 4.22. The Bertz CT molecular complexity index is 624. The fourth-order valence-corrected chi connectivity index (χ4v) is 1.71. The zero-order valence-corrected chi connectivity index (χ0v) is 11.6. The van der Waals surface area contributed by atoms with Crippen LogP contribution in [0.15, 0.2) is 30.0 Å². The van der Waals surface area contributed by atoms with Crippen molar-refractivity contribution in [3.8, 4) is 5.75 Å². The highest BCUT2D eigenvalue weighted by Gasteiger charge is 2.30. The molecule has 1 heterocycles. The normalized spacial score (nSPS) is 16.1. The van der Waals surface area contributed by atoms with Gasteiger partial charge in [-0.15, -0.1) is 0 Å². The quantitative estimate of drug-likeness (QED) is 0.503. The van der Waals surface area contributed by atoms with Crippen molar-refractivity contribution in [1.82, 2.24) is 10.2 Å². The van der Waals surface area contributed by atoms with Gasteiger partial charge in [-0.2, -0.15) is 0 Å². The summed E-state index contributed by atoms with van der Waals surface area (Å²) in [4.78, 5) is 35.3. The maximum atomic E-state index is 11.8. The van der Waals surface area contributed by atoms with Crippen molar-refractivity contribution in [3.63, 3.8) is 0 Å². The van der Waals surface area contributed by atoms with Gasteiger partial charge in [0.2, 0.25) is 0 Å². The smallest absolute Gasteiger partial charge is 0.343 e. The zero-order chi connectivity index (χ0) is 15.4. The lowest BCUT2D eigenvalue weighted by Gasteiger charge is -2.08. The maximum absolute atomic E-state index is 11.8. The van der Waals surface area contributed by atoms with Gasteiger partial charge in [-0.3, -0.25) is 9.69 Å². The number of amides is 3. The number of esters is 1. The number of urea groups is 1. The van der Waals surface area contributed by atoms with Crippen molar-refractivity contribution in [2.24, 2.45) is 0 Å². The molecule has 0 aromatic heterocycles. The first-order chi connectivity index (χ1) is 10.0. The number of likely N-dealkylation sites (N-methyl/N-ethyl adjacent to an activating group) is 1. The van der Waals surface area contributed by atoms with Crippen molar-refractivity contribution in [3.05, 3.63) is 35.5 Å². The molecule has 1 aliphatic rings. The van der Waals surface area contributed by atoms with E-state index in [1.165, 1.54) is 20.2 Å². The molecule has 1 aliphatic heterocycles. The van der Waals surface area contributed by atoms with Crippen LogP contribution in [0.25, 0.3) is 6.08 Å². The van der Waals surface area contributed by atoms with Crippen molar-refractivity contribution < 1.29 is 23.9 Å². The average molecular weight is 290 g/mol. The van der Waals surface area contributed by atoms with Crippen LogP contribution in [0.5, 0.6) is 5.75 Å². The highest BCUT2D eigenvalue weighted by atomic mass is 16.6. The molecule has 1 N–H and O–H groups in total. The van der Waals surface area contributed by atoms with Gasteiger partial charge in [-0.1, -0.05) is 18.2 Å². The number of carbonyl (C=O) groups excluding carboxylic acids is 3. The van der Waals surface area contributed by atoms with Crippen molar-refractivity contribution in [2.45, 2.75) is 0 Å². The number of ether oxygens (including phenoxy) is 2. The number of hydrogen-bond donors (Lipinski definition) is 1. The summed E-state index contributed by atoms with van der Waals surface area (Å²) < 4.78 is 9.83. The van der Waals surface area contributed by atoms with Gasteiger partial charge in [-0.05, 0) is 12.1 Å². The van der Waals surface area contributed by atoms with Crippen molar-refractivity contribution in [1.29, 1.82) is 0 Å². The molecule has 7 nitrogen and oxygen atoms in total. The van der Waals surface area contributed by atoms with E-state index in [2.05, 4.69) is 10.1 Å². The lowest BCUT2D eigenvalue weighted by molar-refractivity contribution is -0.142. The predicted octanol–water partition coefficient (Wildman–Crippen LogP) is 0.761. The Morgan fingerprint density at radius 3 is 2.67 bits per heavy atom. The third-order valence-corrected chi connectivity index (χ3v) is 2.87. The minimum absolute atomic E-state index is 0.150. The average Bonchev–Trinajstić information content (AvgIpc) is 2.73. The highest BCUT2D eigenvalue weighted by Crippen LogP contribution is 2.22. The number of methoxy groups -OCH3 is 1. The van der Waals surface area contributed by atoms with E-state index in [9.17, 15) is 14.4 Å². The molecular weight excluding hydrogens is 276 g/mol. The maximum Gasteiger partial charge on any atom is 0.343 e.